The smallest absolute Gasteiger partial charge is 0.0788 e. The maximum absolute atomic E-state index is 9.48. The van der Waals surface area contributed by atoms with Gasteiger partial charge in [0, 0.05) is 13.2 Å². The first-order chi connectivity index (χ1) is 5.74. The van der Waals surface area contributed by atoms with Gasteiger partial charge in [0.05, 0.1) is 12.7 Å². The molecule has 1 saturated heterocycles. The van der Waals surface area contributed by atoms with E-state index in [1.807, 2.05) is 0 Å². The van der Waals surface area contributed by atoms with Crippen molar-refractivity contribution >= 4 is 0 Å². The molecule has 1 N–H and O–H groups in total. The van der Waals surface area contributed by atoms with Crippen LogP contribution in [0.4, 0.5) is 0 Å². The molecule has 0 bridgehead atoms. The molecule has 0 aromatic heterocycles. The van der Waals surface area contributed by atoms with Crippen molar-refractivity contribution in [3.8, 4) is 0 Å². The number of ether oxygens (including phenoxy) is 1. The minimum absolute atomic E-state index is 0.291. The highest BCUT2D eigenvalue weighted by Gasteiger charge is 2.23. The van der Waals surface area contributed by atoms with E-state index in [1.54, 1.807) is 7.11 Å². The third-order valence-electron chi connectivity index (χ3n) is 2.57. The molecule has 1 aliphatic heterocycles. The lowest BCUT2D eigenvalue weighted by Gasteiger charge is -2.21. The highest BCUT2D eigenvalue weighted by atomic mass is 16.5. The fourth-order valence-electron chi connectivity index (χ4n) is 1.85. The summed E-state index contributed by atoms with van der Waals surface area (Å²) in [7, 11) is 3.75. The van der Waals surface area contributed by atoms with Crippen LogP contribution in [-0.2, 0) is 4.74 Å². The van der Waals surface area contributed by atoms with Crippen LogP contribution in [0.15, 0.2) is 0 Å². The monoisotopic (exact) mass is 173 g/mol. The average Bonchev–Trinajstić information content (AvgIpc) is 2.37. The van der Waals surface area contributed by atoms with Gasteiger partial charge in [0.1, 0.15) is 0 Å². The van der Waals surface area contributed by atoms with Crippen LogP contribution >= 0.6 is 0 Å². The highest BCUT2D eigenvalue weighted by Crippen LogP contribution is 2.19. The highest BCUT2D eigenvalue weighted by molar-refractivity contribution is 4.78. The van der Waals surface area contributed by atoms with Gasteiger partial charge in [-0.05, 0) is 32.9 Å². The summed E-state index contributed by atoms with van der Waals surface area (Å²) < 4.78 is 4.88. The number of aliphatic hydroxyl groups is 1. The number of methoxy groups -OCH3 is 1. The summed E-state index contributed by atoms with van der Waals surface area (Å²) in [5.74, 6) is 0. The minimum atomic E-state index is -0.291. The second-order valence-electron chi connectivity index (χ2n) is 3.62. The molecular formula is C9H19NO2. The fraction of sp³-hybridized carbons (Fsp3) is 1.00. The molecule has 0 aliphatic carbocycles. The molecule has 72 valence electrons. The van der Waals surface area contributed by atoms with Gasteiger partial charge in [0.2, 0.25) is 0 Å². The predicted octanol–water partition coefficient (Wildman–Crippen LogP) is 0.478. The third-order valence-corrected chi connectivity index (χ3v) is 2.57. The SMILES string of the molecule is COCC(O)CC1CCCN1C. The molecule has 0 aromatic carbocycles. The number of likely N-dealkylation sites (tertiary alicyclic amines) is 1. The molecule has 0 radical (unpaired) electrons. The average molecular weight is 173 g/mol. The molecule has 0 amide bonds. The summed E-state index contributed by atoms with van der Waals surface area (Å²) in [6.07, 6.45) is 3.04. The number of hydrogen-bond acceptors (Lipinski definition) is 3. The van der Waals surface area contributed by atoms with E-state index >= 15 is 0 Å². The lowest BCUT2D eigenvalue weighted by Crippen LogP contribution is -2.30. The zero-order valence-electron chi connectivity index (χ0n) is 7.99. The van der Waals surface area contributed by atoms with Crippen molar-refractivity contribution in [2.75, 3.05) is 27.3 Å². The van der Waals surface area contributed by atoms with Gasteiger partial charge in [-0.2, -0.15) is 0 Å². The molecule has 2 unspecified atom stereocenters. The molecule has 0 aromatic rings. The fourth-order valence-corrected chi connectivity index (χ4v) is 1.85. The van der Waals surface area contributed by atoms with E-state index in [2.05, 4.69) is 11.9 Å². The Kier molecular flexibility index (Phi) is 3.98. The summed E-state index contributed by atoms with van der Waals surface area (Å²) in [6, 6.07) is 0.565. The van der Waals surface area contributed by atoms with E-state index < -0.39 is 0 Å². The Labute approximate surface area is 74.3 Å². The van der Waals surface area contributed by atoms with Crippen LogP contribution in [-0.4, -0.2) is 49.5 Å². The van der Waals surface area contributed by atoms with Crippen LogP contribution in [0.3, 0.4) is 0 Å². The molecule has 1 heterocycles. The summed E-state index contributed by atoms with van der Waals surface area (Å²) in [6.45, 7) is 1.63. The summed E-state index contributed by atoms with van der Waals surface area (Å²) in [4.78, 5) is 2.32. The van der Waals surface area contributed by atoms with Gasteiger partial charge in [-0.15, -0.1) is 0 Å². The second kappa shape index (κ2) is 4.80. The maximum Gasteiger partial charge on any atom is 0.0788 e. The van der Waals surface area contributed by atoms with Crippen LogP contribution in [0.2, 0.25) is 0 Å². The quantitative estimate of drug-likeness (QED) is 0.671. The summed E-state index contributed by atoms with van der Waals surface area (Å²) >= 11 is 0. The van der Waals surface area contributed by atoms with E-state index in [1.165, 1.54) is 19.4 Å². The van der Waals surface area contributed by atoms with Crippen molar-refractivity contribution < 1.29 is 9.84 Å². The number of aliphatic hydroxyl groups excluding tert-OH is 1. The van der Waals surface area contributed by atoms with E-state index in [4.69, 9.17) is 4.74 Å². The maximum atomic E-state index is 9.48. The van der Waals surface area contributed by atoms with Gasteiger partial charge < -0.3 is 14.7 Å². The summed E-state index contributed by atoms with van der Waals surface area (Å²) in [5.41, 5.74) is 0. The summed E-state index contributed by atoms with van der Waals surface area (Å²) in [5, 5.41) is 9.48. The van der Waals surface area contributed by atoms with Crippen molar-refractivity contribution in [1.29, 1.82) is 0 Å². The molecular weight excluding hydrogens is 154 g/mol. The standard InChI is InChI=1S/C9H19NO2/c1-10-5-3-4-8(10)6-9(11)7-12-2/h8-9,11H,3-7H2,1-2H3. The molecule has 2 atom stereocenters. The van der Waals surface area contributed by atoms with E-state index in [-0.39, 0.29) is 6.10 Å². The topological polar surface area (TPSA) is 32.7 Å². The first kappa shape index (κ1) is 9.96. The Morgan fingerprint density at radius 3 is 2.92 bits per heavy atom. The molecule has 0 saturated carbocycles. The van der Waals surface area contributed by atoms with Crippen molar-refractivity contribution in [2.24, 2.45) is 0 Å². The lowest BCUT2D eigenvalue weighted by atomic mass is 10.1. The van der Waals surface area contributed by atoms with Crippen LogP contribution in [0.25, 0.3) is 0 Å². The van der Waals surface area contributed by atoms with E-state index in [0.717, 1.165) is 6.42 Å². The number of hydrogen-bond donors (Lipinski definition) is 1. The number of nitrogens with zero attached hydrogens (tertiary/aromatic N) is 1. The van der Waals surface area contributed by atoms with Crippen LogP contribution in [0, 0.1) is 0 Å². The van der Waals surface area contributed by atoms with Gasteiger partial charge in [-0.25, -0.2) is 0 Å². The largest absolute Gasteiger partial charge is 0.391 e. The van der Waals surface area contributed by atoms with Crippen molar-refractivity contribution in [1.82, 2.24) is 4.90 Å². The van der Waals surface area contributed by atoms with E-state index in [0.29, 0.717) is 12.6 Å². The van der Waals surface area contributed by atoms with Gasteiger partial charge in [-0.3, -0.25) is 0 Å². The molecule has 1 fully saturated rings. The van der Waals surface area contributed by atoms with Crippen molar-refractivity contribution in [2.45, 2.75) is 31.4 Å². The van der Waals surface area contributed by atoms with Gasteiger partial charge >= 0.3 is 0 Å². The Balaban J connectivity index is 2.20. The van der Waals surface area contributed by atoms with Crippen LogP contribution in [0.5, 0.6) is 0 Å². The van der Waals surface area contributed by atoms with Crippen molar-refractivity contribution in [3.63, 3.8) is 0 Å². The lowest BCUT2D eigenvalue weighted by molar-refractivity contribution is 0.0448. The third kappa shape index (κ3) is 2.73. The van der Waals surface area contributed by atoms with Gasteiger partial charge in [-0.1, -0.05) is 0 Å². The zero-order chi connectivity index (χ0) is 8.97. The normalized spacial score (nSPS) is 27.8. The Morgan fingerprint density at radius 2 is 2.42 bits per heavy atom. The Bertz CT molecular complexity index is 130. The number of rotatable bonds is 4. The zero-order valence-corrected chi connectivity index (χ0v) is 7.99. The van der Waals surface area contributed by atoms with Crippen LogP contribution < -0.4 is 0 Å². The second-order valence-corrected chi connectivity index (χ2v) is 3.62. The van der Waals surface area contributed by atoms with Crippen LogP contribution in [0.1, 0.15) is 19.3 Å². The predicted molar refractivity (Wildman–Crippen MR) is 48.2 cm³/mol. The minimum Gasteiger partial charge on any atom is -0.391 e. The molecule has 0 spiro atoms. The molecule has 3 nitrogen and oxygen atoms in total. The molecule has 1 aliphatic rings. The van der Waals surface area contributed by atoms with Gasteiger partial charge in [0.15, 0.2) is 0 Å². The first-order valence-corrected chi connectivity index (χ1v) is 4.61. The molecule has 3 heteroatoms. The molecule has 12 heavy (non-hydrogen) atoms. The van der Waals surface area contributed by atoms with Gasteiger partial charge in [0.25, 0.3) is 0 Å². The Morgan fingerprint density at radius 1 is 1.67 bits per heavy atom. The van der Waals surface area contributed by atoms with E-state index in [9.17, 15) is 5.11 Å². The Hall–Kier alpha value is -0.120. The molecule has 1 rings (SSSR count). The van der Waals surface area contributed by atoms with Crippen molar-refractivity contribution in [3.05, 3.63) is 0 Å². The first-order valence-electron chi connectivity index (χ1n) is 4.61.